The smallest absolute Gasteiger partial charge is 0.108 e. The van der Waals surface area contributed by atoms with Crippen LogP contribution in [0, 0.1) is 0 Å². The standard InChI is InChI=1S/2C24H20B.2C14H19N2Se/c2*1-5-13-21(14-6-1)25(22-15-7-2-8-16-22,23-17-9-3-10-18-23)24-19-11-4-12-20-24;2*1-2-3-9-15-10-11-16(12-15)13-17-14-7-5-4-6-8-14/h2*1-20H;2*4-8,10-12H,2-3,9,13H2,1H3/q2*-1;2*+1. The predicted octanol–water partition coefficient (Wildman–Crippen LogP) is 9.25. The van der Waals surface area contributed by atoms with E-state index in [1.807, 2.05) is 0 Å². The van der Waals surface area contributed by atoms with Gasteiger partial charge in [-0.15, -0.1) is 0 Å². The van der Waals surface area contributed by atoms with Gasteiger partial charge < -0.3 is 0 Å². The van der Waals surface area contributed by atoms with Gasteiger partial charge in [0.1, 0.15) is 12.3 Å². The minimum Gasteiger partial charge on any atom is -0.195 e. The maximum Gasteiger partial charge on any atom is 0.108 e. The Kier molecular flexibility index (Phi) is 23.4. The third-order valence-electron chi connectivity index (χ3n) is 15.7. The molecule has 0 aliphatic heterocycles. The molecule has 0 saturated heterocycles. The van der Waals surface area contributed by atoms with Gasteiger partial charge >= 0.3 is 219 Å². The zero-order valence-corrected chi connectivity index (χ0v) is 52.2. The van der Waals surface area contributed by atoms with Crippen molar-refractivity contribution in [3.63, 3.8) is 0 Å². The number of nitrogens with zero attached hydrogens (tertiary/aromatic N) is 4. The van der Waals surface area contributed by atoms with Crippen LogP contribution in [0.3, 0.4) is 0 Å². The Labute approximate surface area is 513 Å². The summed E-state index contributed by atoms with van der Waals surface area (Å²) < 4.78 is 12.1. The van der Waals surface area contributed by atoms with Gasteiger partial charge in [-0.1, -0.05) is 243 Å². The van der Waals surface area contributed by atoms with E-state index in [1.54, 1.807) is 0 Å². The molecule has 0 aliphatic rings. The summed E-state index contributed by atoms with van der Waals surface area (Å²) in [7, 11) is 0. The average Bonchev–Trinajstić information content (AvgIpc) is 1.69. The van der Waals surface area contributed by atoms with E-state index in [-0.39, 0.29) is 0 Å². The molecule has 0 fully saturated rings. The van der Waals surface area contributed by atoms with E-state index in [0.29, 0.717) is 29.9 Å². The van der Waals surface area contributed by atoms with Crippen molar-refractivity contribution in [3.8, 4) is 0 Å². The quantitative estimate of drug-likeness (QED) is 0.0536. The summed E-state index contributed by atoms with van der Waals surface area (Å²) in [5.74, 6) is 0. The predicted molar refractivity (Wildman–Crippen MR) is 363 cm³/mol. The van der Waals surface area contributed by atoms with Gasteiger partial charge in [-0.2, -0.15) is 43.7 Å². The van der Waals surface area contributed by atoms with E-state index in [1.165, 1.54) is 78.3 Å². The molecular formula is C76H78B2N4Se2. The van der Waals surface area contributed by atoms with Crippen LogP contribution in [-0.4, -0.2) is 51.3 Å². The Morgan fingerprint density at radius 2 is 0.488 bits per heavy atom. The van der Waals surface area contributed by atoms with Gasteiger partial charge in [0, 0.05) is 0 Å². The Balaban J connectivity index is 0.000000137. The summed E-state index contributed by atoms with van der Waals surface area (Å²) in [5.41, 5.74) is 13.0. The summed E-state index contributed by atoms with van der Waals surface area (Å²) in [6, 6.07) is 109. The van der Waals surface area contributed by atoms with Gasteiger partial charge in [0.2, 0.25) is 0 Å². The van der Waals surface area contributed by atoms with Crippen LogP contribution in [0.1, 0.15) is 39.5 Å². The third kappa shape index (κ3) is 16.1. The topological polar surface area (TPSA) is 17.6 Å². The summed E-state index contributed by atoms with van der Waals surface area (Å²) >= 11 is 1.06. The largest absolute Gasteiger partial charge is 0.195 e. The van der Waals surface area contributed by atoms with Crippen molar-refractivity contribution in [1.29, 1.82) is 0 Å². The zero-order valence-electron chi connectivity index (χ0n) is 48.7. The van der Waals surface area contributed by atoms with Crippen LogP contribution < -0.4 is 61.8 Å². The van der Waals surface area contributed by atoms with Gasteiger partial charge in [0.15, 0.2) is 0 Å². The molecule has 0 aliphatic carbocycles. The summed E-state index contributed by atoms with van der Waals surface area (Å²) in [6.45, 7) is 6.75. The number of benzene rings is 10. The van der Waals surface area contributed by atoms with E-state index in [2.05, 4.69) is 373 Å². The molecule has 0 radical (unpaired) electrons. The van der Waals surface area contributed by atoms with Crippen LogP contribution in [0.5, 0.6) is 0 Å². The van der Waals surface area contributed by atoms with E-state index in [9.17, 15) is 0 Å². The van der Waals surface area contributed by atoms with Crippen molar-refractivity contribution in [2.45, 2.75) is 63.5 Å². The molecule has 0 bridgehead atoms. The zero-order chi connectivity index (χ0) is 57.8. The van der Waals surface area contributed by atoms with Crippen LogP contribution in [0.2, 0.25) is 0 Å². The number of aromatic nitrogens is 4. The van der Waals surface area contributed by atoms with Crippen LogP contribution in [0.25, 0.3) is 0 Å². The van der Waals surface area contributed by atoms with E-state index < -0.39 is 12.3 Å². The second-order valence-corrected chi connectivity index (χ2v) is 25.5. The number of hydrogen-bond acceptors (Lipinski definition) is 0. The Bertz CT molecular complexity index is 3100. The van der Waals surface area contributed by atoms with Crippen LogP contribution in [0.4, 0.5) is 0 Å². The van der Waals surface area contributed by atoms with Crippen molar-refractivity contribution in [2.75, 3.05) is 0 Å². The second-order valence-electron chi connectivity index (χ2n) is 21.2. The van der Waals surface area contributed by atoms with Crippen molar-refractivity contribution < 1.29 is 9.13 Å². The third-order valence-corrected chi connectivity index (χ3v) is 20.0. The number of hydrogen-bond donors (Lipinski definition) is 0. The number of rotatable bonds is 20. The van der Waals surface area contributed by atoms with Crippen molar-refractivity contribution in [2.24, 2.45) is 0 Å². The Morgan fingerprint density at radius 1 is 0.286 bits per heavy atom. The summed E-state index contributed by atoms with van der Waals surface area (Å²) in [5, 5.41) is 0. The maximum atomic E-state index is 2.29. The molecule has 0 amide bonds. The monoisotopic (exact) mass is 1230 g/mol. The van der Waals surface area contributed by atoms with Gasteiger partial charge in [0.05, 0.1) is 0 Å². The first-order valence-corrected chi connectivity index (χ1v) is 33.9. The average molecular weight is 1230 g/mol. The fourth-order valence-corrected chi connectivity index (χ4v) is 14.9. The first-order valence-electron chi connectivity index (χ1n) is 29.8. The van der Waals surface area contributed by atoms with Crippen LogP contribution >= 0.6 is 0 Å². The molecule has 2 aromatic heterocycles. The molecule has 12 aromatic rings. The van der Waals surface area contributed by atoms with E-state index in [0.717, 1.165) is 24.0 Å². The molecule has 0 spiro atoms. The molecule has 0 N–H and O–H groups in total. The molecule has 12 rings (SSSR count). The Morgan fingerprint density at radius 3 is 0.690 bits per heavy atom. The van der Waals surface area contributed by atoms with E-state index in [4.69, 9.17) is 0 Å². The molecule has 0 saturated carbocycles. The molecule has 2 heterocycles. The first-order chi connectivity index (χ1) is 41.6. The van der Waals surface area contributed by atoms with Gasteiger partial charge in [-0.05, 0) is 0 Å². The number of imidazole rings is 2. The Hall–Kier alpha value is -8.21. The van der Waals surface area contributed by atoms with Crippen molar-refractivity contribution in [3.05, 3.63) is 341 Å². The minimum atomic E-state index is -1.22. The van der Waals surface area contributed by atoms with Gasteiger partial charge in [-0.3, -0.25) is 0 Å². The van der Waals surface area contributed by atoms with Gasteiger partial charge in [-0.25, -0.2) is 0 Å². The number of aryl methyl sites for hydroxylation is 2. The van der Waals surface area contributed by atoms with Crippen molar-refractivity contribution >= 4 is 94.8 Å². The first kappa shape index (κ1) is 60.4. The van der Waals surface area contributed by atoms with Gasteiger partial charge in [0.25, 0.3) is 0 Å². The molecule has 0 unspecified atom stereocenters. The maximum absolute atomic E-state index is 2.29. The minimum absolute atomic E-state index is 0.531. The summed E-state index contributed by atoms with van der Waals surface area (Å²) in [4.78, 5) is 0. The van der Waals surface area contributed by atoms with E-state index >= 15 is 0 Å². The molecule has 4 nitrogen and oxygen atoms in total. The molecule has 10 aromatic carbocycles. The molecule has 0 atom stereocenters. The summed E-state index contributed by atoms with van der Waals surface area (Å²) in [6.07, 6.45) is 15.8. The molecule has 420 valence electrons. The van der Waals surface area contributed by atoms with Crippen molar-refractivity contribution in [1.82, 2.24) is 9.13 Å². The fraction of sp³-hybridized carbons (Fsp3) is 0.132. The molecule has 84 heavy (non-hydrogen) atoms. The van der Waals surface area contributed by atoms with Crippen LogP contribution in [-0.2, 0) is 24.0 Å². The SMILES string of the molecule is CCCCn1cc[n+](C[Se]c2ccccc2)c1.CCCCn1cc[n+](C[Se]c2ccccc2)c1.c1ccc([B-](c2ccccc2)(c2ccccc2)c2ccccc2)cc1.c1ccc([B-](c2ccccc2)(c2ccccc2)c2ccccc2)cc1. The molecular weight excluding hydrogens is 1150 g/mol. The molecule has 8 heteroatoms. The normalized spacial score (nSPS) is 11.0. The fourth-order valence-electron chi connectivity index (χ4n) is 11.6. The number of unbranched alkanes of at least 4 members (excludes halogenated alkanes) is 2. The second kappa shape index (κ2) is 32.6. The van der Waals surface area contributed by atoms with Crippen LogP contribution in [0.15, 0.2) is 341 Å².